The predicted molar refractivity (Wildman–Crippen MR) is 84.9 cm³/mol. The molecule has 0 atom stereocenters. The summed E-state index contributed by atoms with van der Waals surface area (Å²) in [5, 5.41) is 1.65. The molecule has 7 heteroatoms. The first kappa shape index (κ1) is 15.1. The number of sulfonamides is 1. The summed E-state index contributed by atoms with van der Waals surface area (Å²) in [7, 11) is -2.46. The van der Waals surface area contributed by atoms with Gasteiger partial charge in [0, 0.05) is 0 Å². The highest BCUT2D eigenvalue weighted by Crippen LogP contribution is 2.28. The third kappa shape index (κ3) is 2.74. The Morgan fingerprint density at radius 2 is 2.00 bits per heavy atom. The Kier molecular flexibility index (Phi) is 3.92. The molecule has 0 spiro atoms. The minimum absolute atomic E-state index is 0.218. The van der Waals surface area contributed by atoms with E-state index in [9.17, 15) is 13.2 Å². The minimum Gasteiger partial charge on any atom is -0.465 e. The lowest BCUT2D eigenvalue weighted by atomic mass is 10.1. The fourth-order valence-electron chi connectivity index (χ4n) is 2.56. The molecular formula is C15H15NO4S2. The molecule has 1 aromatic heterocycles. The molecule has 0 bridgehead atoms. The second kappa shape index (κ2) is 5.73. The van der Waals surface area contributed by atoms with Gasteiger partial charge in [-0.2, -0.15) is 0 Å². The van der Waals surface area contributed by atoms with Crippen molar-refractivity contribution in [2.45, 2.75) is 24.2 Å². The van der Waals surface area contributed by atoms with Crippen molar-refractivity contribution in [1.82, 2.24) is 0 Å². The maximum absolute atomic E-state index is 12.5. The van der Waals surface area contributed by atoms with E-state index >= 15 is 0 Å². The topological polar surface area (TPSA) is 72.5 Å². The standard InChI is InChI=1S/C15H15NO4S2/c1-20-15(17)14-13(7-8-21-14)16-22(18,19)12-6-5-10-3-2-4-11(10)9-12/h5-9,16H,2-4H2,1H3. The Balaban J connectivity index is 1.91. The number of hydrogen-bond donors (Lipinski definition) is 1. The van der Waals surface area contributed by atoms with Crippen molar-refractivity contribution < 1.29 is 17.9 Å². The van der Waals surface area contributed by atoms with Crippen LogP contribution in [0, 0.1) is 0 Å². The van der Waals surface area contributed by atoms with Crippen LogP contribution in [0.3, 0.4) is 0 Å². The van der Waals surface area contributed by atoms with Gasteiger partial charge in [-0.05, 0) is 54.0 Å². The summed E-state index contributed by atoms with van der Waals surface area (Å²) in [6.07, 6.45) is 2.97. The zero-order valence-corrected chi connectivity index (χ0v) is 13.6. The minimum atomic E-state index is -3.72. The lowest BCUT2D eigenvalue weighted by Gasteiger charge is -2.09. The zero-order chi connectivity index (χ0) is 15.7. The number of aryl methyl sites for hydroxylation is 2. The molecule has 22 heavy (non-hydrogen) atoms. The van der Waals surface area contributed by atoms with Gasteiger partial charge in [-0.3, -0.25) is 4.72 Å². The van der Waals surface area contributed by atoms with Crippen LogP contribution in [0.2, 0.25) is 0 Å². The van der Waals surface area contributed by atoms with E-state index in [4.69, 9.17) is 0 Å². The second-order valence-corrected chi connectivity index (χ2v) is 7.64. The first-order valence-electron chi connectivity index (χ1n) is 6.82. The molecule has 2 aromatic rings. The van der Waals surface area contributed by atoms with Crippen LogP contribution in [0.1, 0.15) is 27.2 Å². The van der Waals surface area contributed by atoms with Crippen molar-refractivity contribution in [1.29, 1.82) is 0 Å². The summed E-state index contributed by atoms with van der Waals surface area (Å²) < 4.78 is 32.1. The first-order chi connectivity index (χ1) is 10.5. The van der Waals surface area contributed by atoms with Gasteiger partial charge in [-0.1, -0.05) is 6.07 Å². The van der Waals surface area contributed by atoms with Gasteiger partial charge in [0.25, 0.3) is 10.0 Å². The SMILES string of the molecule is COC(=O)c1sccc1NS(=O)(=O)c1ccc2c(c1)CCC2. The smallest absolute Gasteiger partial charge is 0.350 e. The number of ether oxygens (including phenoxy) is 1. The van der Waals surface area contributed by atoms with Gasteiger partial charge in [-0.15, -0.1) is 11.3 Å². The van der Waals surface area contributed by atoms with Gasteiger partial charge >= 0.3 is 5.97 Å². The molecule has 1 aromatic carbocycles. The predicted octanol–water partition coefficient (Wildman–Crippen LogP) is 2.82. The van der Waals surface area contributed by atoms with Crippen LogP contribution in [0.4, 0.5) is 5.69 Å². The monoisotopic (exact) mass is 337 g/mol. The van der Waals surface area contributed by atoms with Crippen molar-refractivity contribution in [3.8, 4) is 0 Å². The number of nitrogens with one attached hydrogen (secondary N) is 1. The molecule has 1 aliphatic rings. The van der Waals surface area contributed by atoms with Crippen LogP contribution in [0.15, 0.2) is 34.5 Å². The third-order valence-electron chi connectivity index (χ3n) is 3.66. The van der Waals surface area contributed by atoms with Crippen LogP contribution >= 0.6 is 11.3 Å². The molecule has 0 saturated heterocycles. The van der Waals surface area contributed by atoms with Gasteiger partial charge < -0.3 is 4.74 Å². The second-order valence-electron chi connectivity index (χ2n) is 5.04. The fraction of sp³-hybridized carbons (Fsp3) is 0.267. The highest BCUT2D eigenvalue weighted by Gasteiger charge is 2.22. The number of hydrogen-bond acceptors (Lipinski definition) is 5. The molecule has 3 rings (SSSR count). The largest absolute Gasteiger partial charge is 0.465 e. The summed E-state index contributed by atoms with van der Waals surface area (Å²) >= 11 is 1.14. The van der Waals surface area contributed by atoms with E-state index in [1.165, 1.54) is 12.7 Å². The summed E-state index contributed by atoms with van der Waals surface area (Å²) in [5.74, 6) is -0.554. The van der Waals surface area contributed by atoms with Crippen LogP contribution in [0.25, 0.3) is 0 Å². The number of thiophene rings is 1. The highest BCUT2D eigenvalue weighted by molar-refractivity contribution is 7.92. The number of esters is 1. The van der Waals surface area contributed by atoms with Gasteiger partial charge in [0.2, 0.25) is 0 Å². The van der Waals surface area contributed by atoms with Crippen LogP contribution < -0.4 is 4.72 Å². The van der Waals surface area contributed by atoms with E-state index in [-0.39, 0.29) is 15.5 Å². The first-order valence-corrected chi connectivity index (χ1v) is 9.18. The lowest BCUT2D eigenvalue weighted by Crippen LogP contribution is -2.15. The Bertz CT molecular complexity index is 824. The molecule has 1 N–H and O–H groups in total. The van der Waals surface area contributed by atoms with Crippen LogP contribution in [-0.4, -0.2) is 21.5 Å². The molecular weight excluding hydrogens is 322 g/mol. The van der Waals surface area contributed by atoms with E-state index in [1.54, 1.807) is 23.6 Å². The summed E-state index contributed by atoms with van der Waals surface area (Å²) in [6.45, 7) is 0. The van der Waals surface area contributed by atoms with E-state index in [0.717, 1.165) is 36.2 Å². The third-order valence-corrected chi connectivity index (χ3v) is 5.92. The van der Waals surface area contributed by atoms with Gasteiger partial charge in [0.05, 0.1) is 17.7 Å². The number of fused-ring (bicyclic) bond motifs is 1. The molecule has 1 heterocycles. The van der Waals surface area contributed by atoms with Gasteiger partial charge in [0.15, 0.2) is 0 Å². The zero-order valence-electron chi connectivity index (χ0n) is 12.0. The molecule has 0 fully saturated rings. The number of methoxy groups -OCH3 is 1. The van der Waals surface area contributed by atoms with Crippen LogP contribution in [0.5, 0.6) is 0 Å². The molecule has 116 valence electrons. The average molecular weight is 337 g/mol. The maximum atomic E-state index is 12.5. The molecule has 0 unspecified atom stereocenters. The molecule has 0 amide bonds. The quantitative estimate of drug-likeness (QED) is 0.871. The lowest BCUT2D eigenvalue weighted by molar-refractivity contribution is 0.0607. The summed E-state index contributed by atoms with van der Waals surface area (Å²) in [6, 6.07) is 6.75. The Morgan fingerprint density at radius 1 is 1.23 bits per heavy atom. The van der Waals surface area contributed by atoms with Crippen molar-refractivity contribution in [2.24, 2.45) is 0 Å². The fourth-order valence-corrected chi connectivity index (χ4v) is 4.51. The molecule has 5 nitrogen and oxygen atoms in total. The van der Waals surface area contributed by atoms with Gasteiger partial charge in [0.1, 0.15) is 4.88 Å². The van der Waals surface area contributed by atoms with Crippen molar-refractivity contribution >= 4 is 33.0 Å². The van der Waals surface area contributed by atoms with Crippen molar-refractivity contribution in [3.05, 3.63) is 45.6 Å². The summed E-state index contributed by atoms with van der Waals surface area (Å²) in [4.78, 5) is 12.1. The number of anilines is 1. The van der Waals surface area contributed by atoms with Crippen molar-refractivity contribution in [3.63, 3.8) is 0 Å². The molecule has 0 aliphatic heterocycles. The maximum Gasteiger partial charge on any atom is 0.350 e. The van der Waals surface area contributed by atoms with Gasteiger partial charge in [-0.25, -0.2) is 13.2 Å². The number of carbonyl (C=O) groups is 1. The number of benzene rings is 1. The highest BCUT2D eigenvalue weighted by atomic mass is 32.2. The molecule has 0 saturated carbocycles. The Labute approximate surface area is 133 Å². The van der Waals surface area contributed by atoms with E-state index < -0.39 is 16.0 Å². The average Bonchev–Trinajstić information content (AvgIpc) is 3.13. The molecule has 0 radical (unpaired) electrons. The Morgan fingerprint density at radius 3 is 2.77 bits per heavy atom. The van der Waals surface area contributed by atoms with E-state index in [1.807, 2.05) is 6.07 Å². The summed E-state index contributed by atoms with van der Waals surface area (Å²) in [5.41, 5.74) is 2.54. The molecule has 1 aliphatic carbocycles. The van der Waals surface area contributed by atoms with Crippen LogP contribution in [-0.2, 0) is 27.6 Å². The normalized spacial score (nSPS) is 13.7. The Hall–Kier alpha value is -1.86. The van der Waals surface area contributed by atoms with E-state index in [0.29, 0.717) is 0 Å². The van der Waals surface area contributed by atoms with Crippen molar-refractivity contribution in [2.75, 3.05) is 11.8 Å². The van der Waals surface area contributed by atoms with E-state index in [2.05, 4.69) is 9.46 Å². The number of carbonyl (C=O) groups excluding carboxylic acids is 1. The number of rotatable bonds is 4.